The molecule has 2 N–H and O–H groups in total. The van der Waals surface area contributed by atoms with Crippen molar-refractivity contribution in [2.75, 3.05) is 13.7 Å². The van der Waals surface area contributed by atoms with Gasteiger partial charge in [0.1, 0.15) is 10.6 Å². The predicted octanol–water partition coefficient (Wildman–Crippen LogP) is 1.58. The molecule has 22 heavy (non-hydrogen) atoms. The number of aliphatic hydroxyl groups is 1. The Morgan fingerprint density at radius 3 is 2.41 bits per heavy atom. The summed E-state index contributed by atoms with van der Waals surface area (Å²) in [6.07, 6.45) is -0.415. The maximum absolute atomic E-state index is 12.3. The van der Waals surface area contributed by atoms with Crippen LogP contribution in [-0.2, 0) is 16.4 Å². The first-order valence-corrected chi connectivity index (χ1v) is 8.36. The van der Waals surface area contributed by atoms with Crippen LogP contribution in [0.1, 0.15) is 5.56 Å². The fraction of sp³-hybridized carbons (Fsp3) is 0.250. The maximum atomic E-state index is 12.3. The molecule has 1 atom stereocenters. The Balaban J connectivity index is 2.00. The topological polar surface area (TPSA) is 75.6 Å². The van der Waals surface area contributed by atoms with Crippen molar-refractivity contribution < 1.29 is 18.3 Å². The van der Waals surface area contributed by atoms with Gasteiger partial charge >= 0.3 is 0 Å². The lowest BCUT2D eigenvalue weighted by molar-refractivity contribution is 0.179. The van der Waals surface area contributed by atoms with E-state index in [9.17, 15) is 13.5 Å². The van der Waals surface area contributed by atoms with Crippen molar-refractivity contribution in [3.05, 3.63) is 60.2 Å². The standard InChI is InChI=1S/C16H19NO4S/c1-21-15-9-5-6-10-16(15)22(19,20)17-12-14(18)11-13-7-3-2-4-8-13/h2-10,14,17-18H,11-12H2,1H3. The molecule has 2 aromatic carbocycles. The molecule has 0 bridgehead atoms. The minimum atomic E-state index is -3.73. The summed E-state index contributed by atoms with van der Waals surface area (Å²) in [6, 6.07) is 15.8. The molecule has 0 aliphatic heterocycles. The van der Waals surface area contributed by atoms with Crippen molar-refractivity contribution in [2.45, 2.75) is 17.4 Å². The van der Waals surface area contributed by atoms with Gasteiger partial charge in [0.25, 0.3) is 0 Å². The number of para-hydroxylation sites is 1. The van der Waals surface area contributed by atoms with Gasteiger partial charge in [-0.1, -0.05) is 42.5 Å². The minimum absolute atomic E-state index is 0.0596. The lowest BCUT2D eigenvalue weighted by atomic mass is 10.1. The van der Waals surface area contributed by atoms with Gasteiger partial charge < -0.3 is 9.84 Å². The van der Waals surface area contributed by atoms with Crippen LogP contribution in [0.3, 0.4) is 0 Å². The third kappa shape index (κ3) is 4.30. The monoisotopic (exact) mass is 321 g/mol. The van der Waals surface area contributed by atoms with Crippen LogP contribution >= 0.6 is 0 Å². The van der Waals surface area contributed by atoms with Crippen molar-refractivity contribution in [1.82, 2.24) is 4.72 Å². The molecule has 0 spiro atoms. The first kappa shape index (κ1) is 16.5. The molecule has 0 aliphatic rings. The van der Waals surface area contributed by atoms with E-state index in [2.05, 4.69) is 4.72 Å². The van der Waals surface area contributed by atoms with Crippen molar-refractivity contribution >= 4 is 10.0 Å². The van der Waals surface area contributed by atoms with Crippen LogP contribution in [0.5, 0.6) is 5.75 Å². The normalized spacial score (nSPS) is 12.8. The molecule has 0 saturated heterocycles. The smallest absolute Gasteiger partial charge is 0.244 e. The quantitative estimate of drug-likeness (QED) is 0.812. The van der Waals surface area contributed by atoms with E-state index >= 15 is 0 Å². The number of ether oxygens (including phenoxy) is 1. The fourth-order valence-electron chi connectivity index (χ4n) is 2.08. The Hall–Kier alpha value is -1.89. The van der Waals surface area contributed by atoms with Crippen LogP contribution in [0.4, 0.5) is 0 Å². The predicted molar refractivity (Wildman–Crippen MR) is 84.3 cm³/mol. The van der Waals surface area contributed by atoms with E-state index in [-0.39, 0.29) is 17.2 Å². The SMILES string of the molecule is COc1ccccc1S(=O)(=O)NCC(O)Cc1ccccc1. The van der Waals surface area contributed by atoms with E-state index < -0.39 is 16.1 Å². The van der Waals surface area contributed by atoms with Crippen LogP contribution in [0, 0.1) is 0 Å². The number of benzene rings is 2. The van der Waals surface area contributed by atoms with E-state index in [0.717, 1.165) is 5.56 Å². The Morgan fingerprint density at radius 2 is 1.73 bits per heavy atom. The molecule has 0 radical (unpaired) electrons. The second-order valence-corrected chi connectivity index (χ2v) is 6.58. The maximum Gasteiger partial charge on any atom is 0.244 e. The Bertz CT molecular complexity index is 701. The third-order valence-electron chi connectivity index (χ3n) is 3.18. The highest BCUT2D eigenvalue weighted by atomic mass is 32.2. The number of methoxy groups -OCH3 is 1. The Kier molecular flexibility index (Phi) is 5.54. The summed E-state index contributed by atoms with van der Waals surface area (Å²) >= 11 is 0. The summed E-state index contributed by atoms with van der Waals surface area (Å²) in [4.78, 5) is 0.0596. The van der Waals surface area contributed by atoms with E-state index in [1.54, 1.807) is 18.2 Å². The van der Waals surface area contributed by atoms with Gasteiger partial charge in [-0.25, -0.2) is 13.1 Å². The van der Waals surface area contributed by atoms with E-state index in [4.69, 9.17) is 4.74 Å². The lowest BCUT2D eigenvalue weighted by Crippen LogP contribution is -2.33. The van der Waals surface area contributed by atoms with Crippen molar-refractivity contribution in [2.24, 2.45) is 0 Å². The number of nitrogens with one attached hydrogen (secondary N) is 1. The molecule has 6 heteroatoms. The second-order valence-electron chi connectivity index (χ2n) is 4.85. The summed E-state index contributed by atoms with van der Waals surface area (Å²) in [7, 11) is -2.31. The Morgan fingerprint density at radius 1 is 1.09 bits per heavy atom. The molecule has 0 saturated carbocycles. The van der Waals surface area contributed by atoms with Gasteiger partial charge in [-0.15, -0.1) is 0 Å². The molecule has 1 unspecified atom stereocenters. The molecule has 2 aromatic rings. The Labute approximate surface area is 130 Å². The van der Waals surface area contributed by atoms with Gasteiger partial charge in [0.2, 0.25) is 10.0 Å². The van der Waals surface area contributed by atoms with Gasteiger partial charge in [-0.3, -0.25) is 0 Å². The molecule has 2 rings (SSSR count). The molecular weight excluding hydrogens is 302 g/mol. The third-order valence-corrected chi connectivity index (χ3v) is 4.64. The number of rotatable bonds is 7. The highest BCUT2D eigenvalue weighted by molar-refractivity contribution is 7.89. The van der Waals surface area contributed by atoms with Crippen molar-refractivity contribution in [1.29, 1.82) is 0 Å². The molecule has 118 valence electrons. The molecule has 0 fully saturated rings. The summed E-state index contributed by atoms with van der Waals surface area (Å²) in [5.41, 5.74) is 0.950. The highest BCUT2D eigenvalue weighted by Crippen LogP contribution is 2.22. The van der Waals surface area contributed by atoms with Crippen LogP contribution in [-0.4, -0.2) is 33.3 Å². The molecular formula is C16H19NO4S. The zero-order valence-corrected chi connectivity index (χ0v) is 13.1. The van der Waals surface area contributed by atoms with Crippen LogP contribution < -0.4 is 9.46 Å². The van der Waals surface area contributed by atoms with E-state index in [0.29, 0.717) is 6.42 Å². The number of aliphatic hydroxyl groups excluding tert-OH is 1. The molecule has 0 heterocycles. The minimum Gasteiger partial charge on any atom is -0.495 e. The molecule has 0 aromatic heterocycles. The zero-order chi connectivity index (χ0) is 16.0. The summed E-state index contributed by atoms with van der Waals surface area (Å²) in [5, 5.41) is 9.98. The summed E-state index contributed by atoms with van der Waals surface area (Å²) in [5.74, 6) is 0.271. The molecule has 0 aliphatic carbocycles. The highest BCUT2D eigenvalue weighted by Gasteiger charge is 2.19. The van der Waals surface area contributed by atoms with Crippen molar-refractivity contribution in [3.8, 4) is 5.75 Å². The average molecular weight is 321 g/mol. The first-order chi connectivity index (χ1) is 10.5. The van der Waals surface area contributed by atoms with Gasteiger partial charge in [0.05, 0.1) is 13.2 Å². The number of hydrogen-bond donors (Lipinski definition) is 2. The summed E-state index contributed by atoms with van der Waals surface area (Å²) in [6.45, 7) is -0.0602. The molecule has 0 amide bonds. The van der Waals surface area contributed by atoms with Crippen LogP contribution in [0.15, 0.2) is 59.5 Å². The number of sulfonamides is 1. The van der Waals surface area contributed by atoms with E-state index in [1.807, 2.05) is 30.3 Å². The number of hydrogen-bond acceptors (Lipinski definition) is 4. The zero-order valence-electron chi connectivity index (χ0n) is 12.3. The average Bonchev–Trinajstić information content (AvgIpc) is 2.54. The van der Waals surface area contributed by atoms with Crippen LogP contribution in [0.2, 0.25) is 0 Å². The van der Waals surface area contributed by atoms with E-state index in [1.165, 1.54) is 13.2 Å². The second kappa shape index (κ2) is 7.40. The lowest BCUT2D eigenvalue weighted by Gasteiger charge is -2.14. The van der Waals surface area contributed by atoms with Crippen LogP contribution in [0.25, 0.3) is 0 Å². The fourth-order valence-corrected chi connectivity index (χ4v) is 3.32. The van der Waals surface area contributed by atoms with Gasteiger partial charge in [-0.2, -0.15) is 0 Å². The van der Waals surface area contributed by atoms with Gasteiger partial charge in [-0.05, 0) is 24.1 Å². The van der Waals surface area contributed by atoms with Crippen molar-refractivity contribution in [3.63, 3.8) is 0 Å². The van der Waals surface area contributed by atoms with Gasteiger partial charge in [0, 0.05) is 6.54 Å². The van der Waals surface area contributed by atoms with Gasteiger partial charge in [0.15, 0.2) is 0 Å². The largest absolute Gasteiger partial charge is 0.495 e. The summed E-state index contributed by atoms with van der Waals surface area (Å²) < 4.78 is 32.0. The first-order valence-electron chi connectivity index (χ1n) is 6.87. The molecule has 5 nitrogen and oxygen atoms in total.